The molecule has 0 aliphatic carbocycles. The Bertz CT molecular complexity index is 582. The lowest BCUT2D eigenvalue weighted by Gasteiger charge is -2.22. The van der Waals surface area contributed by atoms with Crippen LogP contribution in [0.2, 0.25) is 0 Å². The molecule has 0 fully saturated rings. The quantitative estimate of drug-likeness (QED) is 0.889. The molecular formula is C16H21N3OS. The van der Waals surface area contributed by atoms with Crippen LogP contribution in [0.5, 0.6) is 0 Å². The van der Waals surface area contributed by atoms with Crippen LogP contribution in [0.15, 0.2) is 35.8 Å². The van der Waals surface area contributed by atoms with Gasteiger partial charge >= 0.3 is 6.03 Å². The van der Waals surface area contributed by atoms with E-state index >= 15 is 0 Å². The first-order chi connectivity index (χ1) is 10.1. The largest absolute Gasteiger partial charge is 0.335 e. The highest BCUT2D eigenvalue weighted by atomic mass is 32.1. The SMILES string of the molecule is Cc1ncsc1CNC(=O)N[C@H](C)[C@@H](C)c1ccccc1. The van der Waals surface area contributed by atoms with Crippen LogP contribution in [0.25, 0.3) is 0 Å². The third-order valence-electron chi connectivity index (χ3n) is 3.69. The summed E-state index contributed by atoms with van der Waals surface area (Å²) in [6.07, 6.45) is 0. The molecule has 0 aliphatic heterocycles. The van der Waals surface area contributed by atoms with Gasteiger partial charge in [-0.1, -0.05) is 37.3 Å². The van der Waals surface area contributed by atoms with Crippen LogP contribution in [0.4, 0.5) is 4.79 Å². The number of hydrogen-bond donors (Lipinski definition) is 2. The fraction of sp³-hybridized carbons (Fsp3) is 0.375. The van der Waals surface area contributed by atoms with Gasteiger partial charge in [0, 0.05) is 16.8 Å². The molecule has 2 amide bonds. The lowest BCUT2D eigenvalue weighted by Crippen LogP contribution is -2.42. The Morgan fingerprint density at radius 2 is 2.00 bits per heavy atom. The molecule has 5 heteroatoms. The Morgan fingerprint density at radius 1 is 1.29 bits per heavy atom. The van der Waals surface area contributed by atoms with E-state index in [0.29, 0.717) is 6.54 Å². The molecule has 0 bridgehead atoms. The second kappa shape index (κ2) is 7.22. The first-order valence-electron chi connectivity index (χ1n) is 7.06. The number of carbonyl (C=O) groups excluding carboxylic acids is 1. The second-order valence-electron chi connectivity index (χ2n) is 5.18. The standard InChI is InChI=1S/C16H21N3OS/c1-11(14-7-5-4-6-8-14)12(2)19-16(20)17-9-15-13(3)18-10-21-15/h4-8,10-12H,9H2,1-3H3,(H2,17,19,20)/t11-,12-/m1/s1. The normalized spacial score (nSPS) is 13.5. The molecule has 112 valence electrons. The number of amides is 2. The molecule has 1 aromatic heterocycles. The summed E-state index contributed by atoms with van der Waals surface area (Å²) in [5, 5.41) is 5.88. The third-order valence-corrected chi connectivity index (χ3v) is 4.62. The molecule has 0 saturated carbocycles. The predicted octanol–water partition coefficient (Wildman–Crippen LogP) is 3.44. The molecule has 0 radical (unpaired) electrons. The Hall–Kier alpha value is -1.88. The molecule has 0 spiro atoms. The average molecular weight is 303 g/mol. The summed E-state index contributed by atoms with van der Waals surface area (Å²) in [4.78, 5) is 17.2. The molecule has 2 atom stereocenters. The summed E-state index contributed by atoms with van der Waals surface area (Å²) >= 11 is 1.56. The predicted molar refractivity (Wildman–Crippen MR) is 86.5 cm³/mol. The second-order valence-corrected chi connectivity index (χ2v) is 6.12. The number of aromatic nitrogens is 1. The van der Waals surface area contributed by atoms with E-state index in [1.165, 1.54) is 5.56 Å². The Labute approximate surface area is 129 Å². The van der Waals surface area contributed by atoms with E-state index in [0.717, 1.165) is 10.6 Å². The maximum absolute atomic E-state index is 12.0. The minimum atomic E-state index is -0.141. The number of thiazole rings is 1. The number of nitrogens with one attached hydrogen (secondary N) is 2. The number of rotatable bonds is 5. The van der Waals surface area contributed by atoms with Crippen molar-refractivity contribution >= 4 is 17.4 Å². The van der Waals surface area contributed by atoms with E-state index in [2.05, 4.69) is 34.7 Å². The molecule has 1 aromatic carbocycles. The van der Waals surface area contributed by atoms with Gasteiger partial charge in [-0.25, -0.2) is 9.78 Å². The van der Waals surface area contributed by atoms with E-state index in [-0.39, 0.29) is 18.0 Å². The number of aryl methyl sites for hydroxylation is 1. The van der Waals surface area contributed by atoms with Crippen molar-refractivity contribution < 1.29 is 4.79 Å². The highest BCUT2D eigenvalue weighted by Crippen LogP contribution is 2.18. The van der Waals surface area contributed by atoms with Gasteiger partial charge in [0.2, 0.25) is 0 Å². The van der Waals surface area contributed by atoms with Crippen LogP contribution in [0.1, 0.15) is 35.9 Å². The third kappa shape index (κ3) is 4.29. The Kier molecular flexibility index (Phi) is 5.33. The van der Waals surface area contributed by atoms with Crippen molar-refractivity contribution in [2.45, 2.75) is 39.3 Å². The molecule has 21 heavy (non-hydrogen) atoms. The zero-order valence-electron chi connectivity index (χ0n) is 12.6. The number of nitrogens with zero attached hydrogens (tertiary/aromatic N) is 1. The Balaban J connectivity index is 1.83. The minimum Gasteiger partial charge on any atom is -0.335 e. The molecule has 0 aliphatic rings. The van der Waals surface area contributed by atoms with Gasteiger partial charge in [0.05, 0.1) is 17.7 Å². The molecule has 2 N–H and O–H groups in total. The summed E-state index contributed by atoms with van der Waals surface area (Å²) in [7, 11) is 0. The molecule has 2 rings (SSSR count). The first kappa shape index (κ1) is 15.5. The maximum atomic E-state index is 12.0. The smallest absolute Gasteiger partial charge is 0.315 e. The average Bonchev–Trinajstić information content (AvgIpc) is 2.90. The van der Waals surface area contributed by atoms with Crippen LogP contribution < -0.4 is 10.6 Å². The van der Waals surface area contributed by atoms with Gasteiger partial charge in [-0.15, -0.1) is 11.3 Å². The van der Waals surface area contributed by atoms with E-state index in [4.69, 9.17) is 0 Å². The summed E-state index contributed by atoms with van der Waals surface area (Å²) in [5.41, 5.74) is 4.00. The summed E-state index contributed by atoms with van der Waals surface area (Å²) in [5.74, 6) is 0.266. The maximum Gasteiger partial charge on any atom is 0.315 e. The monoisotopic (exact) mass is 303 g/mol. The molecule has 0 unspecified atom stereocenters. The van der Waals surface area contributed by atoms with Crippen molar-refractivity contribution in [3.05, 3.63) is 52.0 Å². The molecule has 1 heterocycles. The number of benzene rings is 1. The van der Waals surface area contributed by atoms with Crippen molar-refractivity contribution in [1.29, 1.82) is 0 Å². The molecular weight excluding hydrogens is 282 g/mol. The number of carbonyl (C=O) groups is 1. The zero-order chi connectivity index (χ0) is 15.2. The molecule has 4 nitrogen and oxygen atoms in total. The van der Waals surface area contributed by atoms with Crippen molar-refractivity contribution in [2.24, 2.45) is 0 Å². The van der Waals surface area contributed by atoms with Gasteiger partial charge in [0.1, 0.15) is 0 Å². The van der Waals surface area contributed by atoms with Crippen molar-refractivity contribution in [3.8, 4) is 0 Å². The fourth-order valence-electron chi connectivity index (χ4n) is 2.08. The van der Waals surface area contributed by atoms with Crippen molar-refractivity contribution in [2.75, 3.05) is 0 Å². The minimum absolute atomic E-state index is 0.0648. The molecule has 2 aromatic rings. The highest BCUT2D eigenvalue weighted by Gasteiger charge is 2.16. The lowest BCUT2D eigenvalue weighted by atomic mass is 9.95. The van der Waals surface area contributed by atoms with Crippen LogP contribution in [-0.2, 0) is 6.54 Å². The van der Waals surface area contributed by atoms with E-state index < -0.39 is 0 Å². The lowest BCUT2D eigenvalue weighted by molar-refractivity contribution is 0.236. The summed E-state index contributed by atoms with van der Waals surface area (Å²) in [6.45, 7) is 6.61. The van der Waals surface area contributed by atoms with E-state index in [9.17, 15) is 4.79 Å². The summed E-state index contributed by atoms with van der Waals surface area (Å²) in [6, 6.07) is 10.1. The van der Waals surface area contributed by atoms with E-state index in [1.807, 2.05) is 32.0 Å². The van der Waals surface area contributed by atoms with Crippen molar-refractivity contribution in [3.63, 3.8) is 0 Å². The van der Waals surface area contributed by atoms with E-state index in [1.54, 1.807) is 16.8 Å². The van der Waals surface area contributed by atoms with Crippen LogP contribution in [-0.4, -0.2) is 17.1 Å². The summed E-state index contributed by atoms with van der Waals surface area (Å²) < 4.78 is 0. The topological polar surface area (TPSA) is 54.0 Å². The van der Waals surface area contributed by atoms with Gasteiger partial charge in [-0.2, -0.15) is 0 Å². The highest BCUT2D eigenvalue weighted by molar-refractivity contribution is 7.09. The zero-order valence-corrected chi connectivity index (χ0v) is 13.4. The number of hydrogen-bond acceptors (Lipinski definition) is 3. The van der Waals surface area contributed by atoms with Gasteiger partial charge in [0.25, 0.3) is 0 Å². The van der Waals surface area contributed by atoms with Gasteiger partial charge in [-0.05, 0) is 19.4 Å². The van der Waals surface area contributed by atoms with Gasteiger partial charge in [-0.3, -0.25) is 0 Å². The van der Waals surface area contributed by atoms with Gasteiger partial charge in [0.15, 0.2) is 0 Å². The Morgan fingerprint density at radius 3 is 2.62 bits per heavy atom. The van der Waals surface area contributed by atoms with Crippen LogP contribution in [0.3, 0.4) is 0 Å². The van der Waals surface area contributed by atoms with Crippen LogP contribution in [0, 0.1) is 6.92 Å². The fourth-order valence-corrected chi connectivity index (χ4v) is 2.80. The van der Waals surface area contributed by atoms with Gasteiger partial charge < -0.3 is 10.6 Å². The van der Waals surface area contributed by atoms with Crippen LogP contribution >= 0.6 is 11.3 Å². The number of urea groups is 1. The molecule has 0 saturated heterocycles. The first-order valence-corrected chi connectivity index (χ1v) is 7.94. The van der Waals surface area contributed by atoms with Crippen molar-refractivity contribution in [1.82, 2.24) is 15.6 Å².